The summed E-state index contributed by atoms with van der Waals surface area (Å²) in [6.07, 6.45) is 1.39. The number of aryl methyl sites for hydroxylation is 2. The van der Waals surface area contributed by atoms with Gasteiger partial charge in [-0.3, -0.25) is 14.2 Å². The number of thiazole rings is 1. The Kier molecular flexibility index (Phi) is 4.78. The first-order valence-electron chi connectivity index (χ1n) is 8.39. The van der Waals surface area contributed by atoms with Gasteiger partial charge in [0.15, 0.2) is 5.13 Å². The lowest BCUT2D eigenvalue weighted by Crippen LogP contribution is -2.27. The predicted octanol–water partition coefficient (Wildman–Crippen LogP) is 3.98. The van der Waals surface area contributed by atoms with Crippen LogP contribution >= 0.6 is 22.7 Å². The first kappa shape index (κ1) is 18.5. The average molecular weight is 414 g/mol. The number of carbonyl (C=O) groups excluding carboxylic acids is 1. The molecule has 9 heteroatoms. The molecule has 3 heterocycles. The molecule has 28 heavy (non-hydrogen) atoms. The molecule has 0 radical (unpaired) electrons. The van der Waals surface area contributed by atoms with Crippen molar-refractivity contribution >= 4 is 43.9 Å². The van der Waals surface area contributed by atoms with Crippen molar-refractivity contribution in [2.24, 2.45) is 0 Å². The summed E-state index contributed by atoms with van der Waals surface area (Å²) in [4.78, 5) is 35.4. The topological polar surface area (TPSA) is 76.9 Å². The molecule has 142 valence electrons. The lowest BCUT2D eigenvalue weighted by atomic mass is 10.2. The highest BCUT2D eigenvalue weighted by Gasteiger charge is 2.14. The highest BCUT2D eigenvalue weighted by atomic mass is 32.1. The van der Waals surface area contributed by atoms with Crippen LogP contribution in [-0.4, -0.2) is 20.4 Å². The summed E-state index contributed by atoms with van der Waals surface area (Å²) in [5, 5.41) is 5.45. The average Bonchev–Trinajstić information content (AvgIpc) is 3.23. The van der Waals surface area contributed by atoms with Crippen molar-refractivity contribution < 1.29 is 9.18 Å². The van der Waals surface area contributed by atoms with E-state index in [2.05, 4.69) is 15.3 Å². The molecule has 0 atom stereocenters. The standard InChI is InChI=1S/C19H15FN4O2S2/c1-10-11(2)28-17-16(10)18(26)24(9-21-17)7-15(25)23-19-22-14(8-27-19)12-3-5-13(20)6-4-12/h3-6,8-9H,7H2,1-2H3,(H,22,23,25). The van der Waals surface area contributed by atoms with E-state index in [-0.39, 0.29) is 23.8 Å². The fraction of sp³-hybridized carbons (Fsp3) is 0.158. The molecule has 0 bridgehead atoms. The summed E-state index contributed by atoms with van der Waals surface area (Å²) in [6, 6.07) is 5.97. The summed E-state index contributed by atoms with van der Waals surface area (Å²) >= 11 is 2.73. The molecule has 0 fully saturated rings. The van der Waals surface area contributed by atoms with Gasteiger partial charge in [-0.2, -0.15) is 0 Å². The third-order valence-electron chi connectivity index (χ3n) is 4.36. The number of anilines is 1. The van der Waals surface area contributed by atoms with E-state index in [4.69, 9.17) is 0 Å². The second-order valence-electron chi connectivity index (χ2n) is 6.23. The van der Waals surface area contributed by atoms with Crippen LogP contribution in [0.1, 0.15) is 10.4 Å². The molecule has 1 aromatic carbocycles. The molecule has 6 nitrogen and oxygen atoms in total. The van der Waals surface area contributed by atoms with Crippen LogP contribution in [0.2, 0.25) is 0 Å². The Balaban J connectivity index is 1.51. The molecule has 4 aromatic rings. The first-order chi connectivity index (χ1) is 13.4. The molecule has 1 N–H and O–H groups in total. The molecule has 0 saturated heterocycles. The summed E-state index contributed by atoms with van der Waals surface area (Å²) in [5.41, 5.74) is 2.07. The van der Waals surface area contributed by atoms with Crippen molar-refractivity contribution in [1.29, 1.82) is 0 Å². The first-order valence-corrected chi connectivity index (χ1v) is 10.1. The fourth-order valence-electron chi connectivity index (χ4n) is 2.78. The zero-order valence-corrected chi connectivity index (χ0v) is 16.7. The number of thiophene rings is 1. The van der Waals surface area contributed by atoms with E-state index in [1.807, 2.05) is 13.8 Å². The van der Waals surface area contributed by atoms with Crippen molar-refractivity contribution in [3.63, 3.8) is 0 Å². The van der Waals surface area contributed by atoms with Crippen LogP contribution in [0, 0.1) is 19.7 Å². The molecule has 4 rings (SSSR count). The highest BCUT2D eigenvalue weighted by molar-refractivity contribution is 7.18. The van der Waals surface area contributed by atoms with Gasteiger partial charge in [-0.1, -0.05) is 0 Å². The maximum Gasteiger partial charge on any atom is 0.262 e. The molecule has 0 unspecified atom stereocenters. The molecular weight excluding hydrogens is 399 g/mol. The second-order valence-corrected chi connectivity index (χ2v) is 8.30. The molecule has 3 aromatic heterocycles. The lowest BCUT2D eigenvalue weighted by molar-refractivity contribution is -0.116. The second kappa shape index (κ2) is 7.25. The third-order valence-corrected chi connectivity index (χ3v) is 6.23. The minimum atomic E-state index is -0.368. The zero-order chi connectivity index (χ0) is 19.8. The normalized spacial score (nSPS) is 11.1. The Labute approximate surface area is 167 Å². The molecular formula is C19H15FN4O2S2. The van der Waals surface area contributed by atoms with Crippen LogP contribution in [0.15, 0.2) is 40.8 Å². The van der Waals surface area contributed by atoms with Gasteiger partial charge in [0, 0.05) is 15.8 Å². The Bertz CT molecular complexity index is 1240. The number of aromatic nitrogens is 3. The maximum atomic E-state index is 13.0. The van der Waals surface area contributed by atoms with E-state index in [0.29, 0.717) is 21.0 Å². The SMILES string of the molecule is Cc1sc2ncn(CC(=O)Nc3nc(-c4ccc(F)cc4)cs3)c(=O)c2c1C. The van der Waals surface area contributed by atoms with Gasteiger partial charge < -0.3 is 5.32 Å². The van der Waals surface area contributed by atoms with E-state index >= 15 is 0 Å². The molecule has 0 aliphatic carbocycles. The van der Waals surface area contributed by atoms with Crippen LogP contribution in [0.4, 0.5) is 9.52 Å². The number of hydrogen-bond donors (Lipinski definition) is 1. The van der Waals surface area contributed by atoms with Crippen LogP contribution in [0.3, 0.4) is 0 Å². The van der Waals surface area contributed by atoms with Crippen LogP contribution < -0.4 is 10.9 Å². The van der Waals surface area contributed by atoms with Crippen molar-refractivity contribution in [3.8, 4) is 11.3 Å². The molecule has 0 saturated carbocycles. The van der Waals surface area contributed by atoms with E-state index in [1.54, 1.807) is 17.5 Å². The number of carbonyl (C=O) groups is 1. The summed E-state index contributed by atoms with van der Waals surface area (Å²) in [5.74, 6) is -0.688. The van der Waals surface area contributed by atoms with E-state index in [0.717, 1.165) is 16.0 Å². The minimum Gasteiger partial charge on any atom is -0.300 e. The summed E-state index contributed by atoms with van der Waals surface area (Å²) in [6.45, 7) is 3.68. The quantitative estimate of drug-likeness (QED) is 0.548. The van der Waals surface area contributed by atoms with Gasteiger partial charge in [0.2, 0.25) is 5.91 Å². The molecule has 0 aliphatic rings. The number of rotatable bonds is 4. The number of hydrogen-bond acceptors (Lipinski definition) is 6. The number of benzene rings is 1. The van der Waals surface area contributed by atoms with Crippen molar-refractivity contribution in [2.75, 3.05) is 5.32 Å². The van der Waals surface area contributed by atoms with Crippen molar-refractivity contribution in [1.82, 2.24) is 14.5 Å². The number of halogens is 1. The Morgan fingerprint density at radius 1 is 1.25 bits per heavy atom. The van der Waals surface area contributed by atoms with Gasteiger partial charge in [-0.25, -0.2) is 14.4 Å². The third kappa shape index (κ3) is 3.46. The molecule has 0 spiro atoms. The number of nitrogens with zero attached hydrogens (tertiary/aromatic N) is 3. The van der Waals surface area contributed by atoms with Gasteiger partial charge in [0.05, 0.1) is 17.4 Å². The van der Waals surface area contributed by atoms with Gasteiger partial charge in [-0.05, 0) is 43.7 Å². The largest absolute Gasteiger partial charge is 0.300 e. The van der Waals surface area contributed by atoms with E-state index in [1.165, 1.54) is 45.7 Å². The van der Waals surface area contributed by atoms with Crippen molar-refractivity contribution in [3.05, 3.63) is 62.6 Å². The zero-order valence-electron chi connectivity index (χ0n) is 15.0. The van der Waals surface area contributed by atoms with Crippen LogP contribution in [-0.2, 0) is 11.3 Å². The van der Waals surface area contributed by atoms with Gasteiger partial charge in [0.1, 0.15) is 17.2 Å². The fourth-order valence-corrected chi connectivity index (χ4v) is 4.50. The smallest absolute Gasteiger partial charge is 0.262 e. The Morgan fingerprint density at radius 3 is 2.75 bits per heavy atom. The monoisotopic (exact) mass is 414 g/mol. The number of nitrogens with one attached hydrogen (secondary N) is 1. The highest BCUT2D eigenvalue weighted by Crippen LogP contribution is 2.26. The van der Waals surface area contributed by atoms with Gasteiger partial charge in [0.25, 0.3) is 5.56 Å². The van der Waals surface area contributed by atoms with Crippen molar-refractivity contribution in [2.45, 2.75) is 20.4 Å². The summed E-state index contributed by atoms with van der Waals surface area (Å²) in [7, 11) is 0. The summed E-state index contributed by atoms with van der Waals surface area (Å²) < 4.78 is 14.3. The Morgan fingerprint density at radius 2 is 2.00 bits per heavy atom. The number of amides is 1. The van der Waals surface area contributed by atoms with Gasteiger partial charge >= 0.3 is 0 Å². The maximum absolute atomic E-state index is 13.0. The van der Waals surface area contributed by atoms with Crippen LogP contribution in [0.25, 0.3) is 21.5 Å². The molecule has 0 aliphatic heterocycles. The molecule has 1 amide bonds. The Hall–Kier alpha value is -2.91. The van der Waals surface area contributed by atoms with E-state index < -0.39 is 0 Å². The minimum absolute atomic E-state index is 0.151. The van der Waals surface area contributed by atoms with Gasteiger partial charge in [-0.15, -0.1) is 22.7 Å². The van der Waals surface area contributed by atoms with E-state index in [9.17, 15) is 14.0 Å². The lowest BCUT2D eigenvalue weighted by Gasteiger charge is -2.05. The predicted molar refractivity (Wildman–Crippen MR) is 109 cm³/mol. The van der Waals surface area contributed by atoms with Crippen LogP contribution in [0.5, 0.6) is 0 Å². The number of fused-ring (bicyclic) bond motifs is 1.